The lowest BCUT2D eigenvalue weighted by atomic mass is 10.1. The summed E-state index contributed by atoms with van der Waals surface area (Å²) in [6, 6.07) is 22.3. The molecule has 31 heavy (non-hydrogen) atoms. The molecule has 1 heterocycles. The first-order valence-corrected chi connectivity index (χ1v) is 10.9. The number of hydrogen-bond acceptors (Lipinski definition) is 6. The van der Waals surface area contributed by atoms with Crippen molar-refractivity contribution in [3.63, 3.8) is 0 Å². The normalized spacial score (nSPS) is 11.5. The van der Waals surface area contributed by atoms with Gasteiger partial charge in [-0.1, -0.05) is 42.5 Å². The summed E-state index contributed by atoms with van der Waals surface area (Å²) in [6.45, 7) is 0. The average Bonchev–Trinajstić information content (AvgIpc) is 2.79. The number of nitrogens with zero attached hydrogens (tertiary/aromatic N) is 2. The molecule has 8 heteroatoms. The summed E-state index contributed by atoms with van der Waals surface area (Å²) in [4.78, 5) is 20.6. The van der Waals surface area contributed by atoms with Crippen LogP contribution in [0.15, 0.2) is 102 Å². The van der Waals surface area contributed by atoms with E-state index in [0.717, 1.165) is 0 Å². The maximum absolute atomic E-state index is 12.7. The average molecular weight is 430 g/mol. The Labute approximate surface area is 179 Å². The molecule has 3 aromatic carbocycles. The standard InChI is InChI=1S/C23H18N4O3S/c28-22(17-6-2-1-3-7-17)14-15-24-18-10-12-19(13-11-18)31(29,30)27-23-16-25-20-8-4-5-9-21(20)26-23/h1-16,24H,(H,26,27)/b15-14+. The minimum atomic E-state index is -3.82. The van der Waals surface area contributed by atoms with Crippen LogP contribution in [0.1, 0.15) is 10.4 Å². The first-order chi connectivity index (χ1) is 15.0. The van der Waals surface area contributed by atoms with Gasteiger partial charge in [0.15, 0.2) is 11.6 Å². The Morgan fingerprint density at radius 2 is 1.52 bits per heavy atom. The van der Waals surface area contributed by atoms with Crippen molar-refractivity contribution in [1.29, 1.82) is 0 Å². The fourth-order valence-electron chi connectivity index (χ4n) is 2.85. The van der Waals surface area contributed by atoms with Crippen molar-refractivity contribution in [2.24, 2.45) is 0 Å². The molecule has 0 fully saturated rings. The Bertz CT molecular complexity index is 1350. The van der Waals surface area contributed by atoms with Crippen molar-refractivity contribution < 1.29 is 13.2 Å². The molecule has 0 aliphatic rings. The van der Waals surface area contributed by atoms with E-state index >= 15 is 0 Å². The molecule has 0 saturated heterocycles. The van der Waals surface area contributed by atoms with Crippen LogP contribution in [-0.2, 0) is 10.0 Å². The van der Waals surface area contributed by atoms with Crippen LogP contribution in [0.2, 0.25) is 0 Å². The van der Waals surface area contributed by atoms with Gasteiger partial charge in [-0.25, -0.2) is 13.4 Å². The first-order valence-electron chi connectivity index (χ1n) is 9.38. The zero-order chi connectivity index (χ0) is 21.7. The van der Waals surface area contributed by atoms with Gasteiger partial charge in [-0.15, -0.1) is 0 Å². The molecule has 7 nitrogen and oxygen atoms in total. The molecular formula is C23H18N4O3S. The number of carbonyl (C=O) groups is 1. The number of carbonyl (C=O) groups excluding carboxylic acids is 1. The molecule has 1 aromatic heterocycles. The first kappa shape index (κ1) is 20.2. The molecule has 4 aromatic rings. The molecule has 0 saturated carbocycles. The molecule has 4 rings (SSSR count). The number of rotatable bonds is 7. The minimum absolute atomic E-state index is 0.0809. The Hall–Kier alpha value is -4.04. The molecule has 154 valence electrons. The van der Waals surface area contributed by atoms with Crippen LogP contribution in [0, 0.1) is 0 Å². The molecular weight excluding hydrogens is 412 g/mol. The van der Waals surface area contributed by atoms with E-state index in [4.69, 9.17) is 0 Å². The topological polar surface area (TPSA) is 101 Å². The van der Waals surface area contributed by atoms with Crippen molar-refractivity contribution in [3.05, 3.63) is 103 Å². The number of nitrogens with one attached hydrogen (secondary N) is 2. The van der Waals surface area contributed by atoms with E-state index in [1.807, 2.05) is 18.2 Å². The number of aromatic nitrogens is 2. The van der Waals surface area contributed by atoms with Gasteiger partial charge in [0.25, 0.3) is 10.0 Å². The van der Waals surface area contributed by atoms with Gasteiger partial charge < -0.3 is 5.32 Å². The van der Waals surface area contributed by atoms with E-state index in [-0.39, 0.29) is 16.5 Å². The van der Waals surface area contributed by atoms with Crippen LogP contribution in [-0.4, -0.2) is 24.2 Å². The Morgan fingerprint density at radius 1 is 0.839 bits per heavy atom. The van der Waals surface area contributed by atoms with Crippen molar-refractivity contribution in [2.75, 3.05) is 10.0 Å². The third kappa shape index (κ3) is 4.93. The number of hydrogen-bond donors (Lipinski definition) is 2. The Balaban J connectivity index is 1.42. The number of anilines is 2. The van der Waals surface area contributed by atoms with Gasteiger partial charge in [0, 0.05) is 23.5 Å². The zero-order valence-corrected chi connectivity index (χ0v) is 17.1. The summed E-state index contributed by atoms with van der Waals surface area (Å²) in [7, 11) is -3.82. The van der Waals surface area contributed by atoms with Crippen molar-refractivity contribution >= 4 is 38.3 Å². The van der Waals surface area contributed by atoms with Gasteiger partial charge in [0.05, 0.1) is 22.1 Å². The maximum atomic E-state index is 12.7. The van der Waals surface area contributed by atoms with Gasteiger partial charge in [0.1, 0.15) is 0 Å². The van der Waals surface area contributed by atoms with Crippen LogP contribution in [0.5, 0.6) is 0 Å². The third-order valence-corrected chi connectivity index (χ3v) is 5.77. The van der Waals surface area contributed by atoms with Crippen LogP contribution in [0.3, 0.4) is 0 Å². The zero-order valence-electron chi connectivity index (χ0n) is 16.3. The van der Waals surface area contributed by atoms with Crippen molar-refractivity contribution in [3.8, 4) is 0 Å². The minimum Gasteiger partial charge on any atom is -0.362 e. The van der Waals surface area contributed by atoms with Crippen molar-refractivity contribution in [2.45, 2.75) is 4.90 Å². The second kappa shape index (κ2) is 8.76. The van der Waals surface area contributed by atoms with E-state index in [1.165, 1.54) is 30.6 Å². The fraction of sp³-hybridized carbons (Fsp3) is 0. The van der Waals surface area contributed by atoms with Gasteiger partial charge >= 0.3 is 0 Å². The summed E-state index contributed by atoms with van der Waals surface area (Å²) in [5.41, 5.74) is 2.50. The van der Waals surface area contributed by atoms with E-state index in [1.54, 1.807) is 48.5 Å². The Morgan fingerprint density at radius 3 is 2.26 bits per heavy atom. The fourth-order valence-corrected chi connectivity index (χ4v) is 3.83. The molecule has 0 aliphatic heterocycles. The summed E-state index contributed by atoms with van der Waals surface area (Å²) >= 11 is 0. The van der Waals surface area contributed by atoms with E-state index in [2.05, 4.69) is 20.0 Å². The smallest absolute Gasteiger partial charge is 0.263 e. The lowest BCUT2D eigenvalue weighted by Crippen LogP contribution is -2.14. The lowest BCUT2D eigenvalue weighted by Gasteiger charge is -2.08. The predicted octanol–water partition coefficient (Wildman–Crippen LogP) is 4.24. The van der Waals surface area contributed by atoms with Crippen molar-refractivity contribution in [1.82, 2.24) is 9.97 Å². The highest BCUT2D eigenvalue weighted by molar-refractivity contribution is 7.92. The maximum Gasteiger partial charge on any atom is 0.263 e. The number of benzene rings is 3. The van der Waals surface area contributed by atoms with Gasteiger partial charge in [-0.05, 0) is 36.4 Å². The highest BCUT2D eigenvalue weighted by atomic mass is 32.2. The second-order valence-corrected chi connectivity index (χ2v) is 8.26. The van der Waals surface area contributed by atoms with Gasteiger partial charge in [-0.3, -0.25) is 14.5 Å². The van der Waals surface area contributed by atoms with Gasteiger partial charge in [0.2, 0.25) is 0 Å². The monoisotopic (exact) mass is 430 g/mol. The summed E-state index contributed by atoms with van der Waals surface area (Å²) in [6.07, 6.45) is 4.31. The molecule has 0 aliphatic carbocycles. The lowest BCUT2D eigenvalue weighted by molar-refractivity contribution is 0.104. The SMILES string of the molecule is O=C(/C=C/Nc1ccc(S(=O)(=O)Nc2cnc3ccccc3n2)cc1)c1ccccc1. The van der Waals surface area contributed by atoms with Crippen LogP contribution in [0.25, 0.3) is 11.0 Å². The molecule has 0 radical (unpaired) electrons. The van der Waals surface area contributed by atoms with Gasteiger partial charge in [-0.2, -0.15) is 0 Å². The molecule has 0 bridgehead atoms. The third-order valence-electron chi connectivity index (χ3n) is 4.40. The Kier molecular flexibility index (Phi) is 5.72. The molecule has 0 amide bonds. The molecule has 0 spiro atoms. The number of para-hydroxylation sites is 2. The highest BCUT2D eigenvalue weighted by Crippen LogP contribution is 2.18. The summed E-state index contributed by atoms with van der Waals surface area (Å²) in [5, 5.41) is 2.95. The highest BCUT2D eigenvalue weighted by Gasteiger charge is 2.15. The van der Waals surface area contributed by atoms with E-state index < -0.39 is 10.0 Å². The number of allylic oxidation sites excluding steroid dienone is 1. The van der Waals surface area contributed by atoms with Crippen LogP contribution in [0.4, 0.5) is 11.5 Å². The van der Waals surface area contributed by atoms with Crippen LogP contribution < -0.4 is 10.0 Å². The molecule has 2 N–H and O–H groups in total. The van der Waals surface area contributed by atoms with E-state index in [9.17, 15) is 13.2 Å². The van der Waals surface area contributed by atoms with Crippen LogP contribution >= 0.6 is 0 Å². The summed E-state index contributed by atoms with van der Waals surface area (Å²) < 4.78 is 27.7. The second-order valence-electron chi connectivity index (χ2n) is 6.58. The molecule has 0 atom stereocenters. The van der Waals surface area contributed by atoms with E-state index in [0.29, 0.717) is 22.3 Å². The largest absolute Gasteiger partial charge is 0.362 e. The predicted molar refractivity (Wildman–Crippen MR) is 120 cm³/mol. The quantitative estimate of drug-likeness (QED) is 0.336. The summed E-state index contributed by atoms with van der Waals surface area (Å²) in [5.74, 6) is 0.0104. The molecule has 0 unspecified atom stereocenters. The number of sulfonamides is 1. The number of fused-ring (bicyclic) bond motifs is 1. The number of ketones is 1.